The summed E-state index contributed by atoms with van der Waals surface area (Å²) in [6, 6.07) is 7.03. The van der Waals surface area contributed by atoms with Crippen molar-refractivity contribution in [2.24, 2.45) is 5.92 Å². The summed E-state index contributed by atoms with van der Waals surface area (Å²) >= 11 is 0. The molecular weight excluding hydrogens is 356 g/mol. The molecule has 0 bridgehead atoms. The van der Waals surface area contributed by atoms with Crippen LogP contribution in [0.3, 0.4) is 0 Å². The first-order valence-corrected chi connectivity index (χ1v) is 9.94. The molecule has 1 fully saturated rings. The normalized spacial score (nSPS) is 15.3. The van der Waals surface area contributed by atoms with Gasteiger partial charge in [-0.05, 0) is 24.5 Å². The molecule has 0 atom stereocenters. The van der Waals surface area contributed by atoms with E-state index in [0.717, 1.165) is 18.0 Å². The first-order chi connectivity index (χ1) is 13.4. The molecule has 1 N–H and O–H groups in total. The average molecular weight is 386 g/mol. The van der Waals surface area contributed by atoms with E-state index in [9.17, 15) is 4.79 Å². The van der Waals surface area contributed by atoms with Gasteiger partial charge in [-0.15, -0.1) is 0 Å². The molecule has 2 aromatic rings. The molecule has 6 heteroatoms. The van der Waals surface area contributed by atoms with Crippen LogP contribution in [-0.4, -0.2) is 25.3 Å². The Morgan fingerprint density at radius 3 is 2.43 bits per heavy atom. The molecule has 1 amide bonds. The lowest BCUT2D eigenvalue weighted by Gasteiger charge is -2.30. The summed E-state index contributed by atoms with van der Waals surface area (Å²) in [5, 5.41) is 7.01. The zero-order valence-electron chi connectivity index (χ0n) is 17.2. The Morgan fingerprint density at radius 1 is 1.18 bits per heavy atom. The Hall–Kier alpha value is -2.50. The highest BCUT2D eigenvalue weighted by Crippen LogP contribution is 2.37. The molecule has 1 saturated carbocycles. The van der Waals surface area contributed by atoms with E-state index in [2.05, 4.69) is 24.3 Å². The van der Waals surface area contributed by atoms with Crippen LogP contribution in [0.25, 0.3) is 0 Å². The highest BCUT2D eigenvalue weighted by Gasteiger charge is 2.30. The van der Waals surface area contributed by atoms with Gasteiger partial charge in [0.05, 0.1) is 19.9 Å². The second kappa shape index (κ2) is 8.67. The Morgan fingerprint density at radius 2 is 1.82 bits per heavy atom. The molecule has 6 nitrogen and oxygen atoms in total. The van der Waals surface area contributed by atoms with Crippen LogP contribution in [0.1, 0.15) is 68.4 Å². The highest BCUT2D eigenvalue weighted by molar-refractivity contribution is 6.07. The summed E-state index contributed by atoms with van der Waals surface area (Å²) in [6.45, 7) is 4.38. The fourth-order valence-electron chi connectivity index (χ4n) is 4.12. The van der Waals surface area contributed by atoms with E-state index < -0.39 is 0 Å². The lowest BCUT2D eigenvalue weighted by atomic mass is 9.75. The number of aromatic nitrogens is 1. The van der Waals surface area contributed by atoms with Crippen LogP contribution in [0.5, 0.6) is 11.5 Å². The highest BCUT2D eigenvalue weighted by atomic mass is 16.5. The molecule has 0 aliphatic heterocycles. The summed E-state index contributed by atoms with van der Waals surface area (Å²) in [5.74, 6) is 1.58. The number of hydrogen-bond acceptors (Lipinski definition) is 5. The van der Waals surface area contributed by atoms with Gasteiger partial charge in [0, 0.05) is 11.5 Å². The molecule has 28 heavy (non-hydrogen) atoms. The molecule has 0 spiro atoms. The van der Waals surface area contributed by atoms with Gasteiger partial charge < -0.3 is 14.0 Å². The quantitative estimate of drug-likeness (QED) is 0.709. The third kappa shape index (κ3) is 4.49. The second-order valence-corrected chi connectivity index (χ2v) is 8.16. The molecule has 1 aliphatic carbocycles. The molecule has 1 heterocycles. The zero-order chi connectivity index (χ0) is 20.1. The number of carbonyl (C=O) groups is 1. The van der Waals surface area contributed by atoms with Crippen LogP contribution in [0.2, 0.25) is 0 Å². The van der Waals surface area contributed by atoms with Gasteiger partial charge in [-0.3, -0.25) is 10.1 Å². The number of nitrogens with one attached hydrogen (secondary N) is 1. The predicted molar refractivity (Wildman–Crippen MR) is 108 cm³/mol. The number of methoxy groups -OCH3 is 2. The molecular formula is C22H30N2O4. The second-order valence-electron chi connectivity index (χ2n) is 8.16. The number of hydrogen-bond donors (Lipinski definition) is 1. The van der Waals surface area contributed by atoms with Gasteiger partial charge in [-0.2, -0.15) is 0 Å². The van der Waals surface area contributed by atoms with Gasteiger partial charge in [0.25, 0.3) is 5.91 Å². The van der Waals surface area contributed by atoms with Gasteiger partial charge in [0.2, 0.25) is 5.88 Å². The first kappa shape index (κ1) is 20.2. The van der Waals surface area contributed by atoms with E-state index in [4.69, 9.17) is 14.0 Å². The van der Waals surface area contributed by atoms with E-state index in [1.54, 1.807) is 18.2 Å². The van der Waals surface area contributed by atoms with Crippen molar-refractivity contribution in [3.63, 3.8) is 0 Å². The maximum atomic E-state index is 12.8. The minimum absolute atomic E-state index is 0.101. The number of rotatable bonds is 7. The van der Waals surface area contributed by atoms with Crippen molar-refractivity contribution in [2.75, 3.05) is 19.5 Å². The molecule has 1 aromatic carbocycles. The van der Waals surface area contributed by atoms with E-state index in [0.29, 0.717) is 22.9 Å². The van der Waals surface area contributed by atoms with E-state index in [-0.39, 0.29) is 11.3 Å². The Labute approximate surface area is 166 Å². The van der Waals surface area contributed by atoms with Crippen molar-refractivity contribution in [2.45, 2.75) is 57.8 Å². The largest absolute Gasteiger partial charge is 0.496 e. The van der Waals surface area contributed by atoms with Gasteiger partial charge in [-0.25, -0.2) is 0 Å². The van der Waals surface area contributed by atoms with Crippen molar-refractivity contribution in [3.8, 4) is 11.5 Å². The summed E-state index contributed by atoms with van der Waals surface area (Å²) < 4.78 is 16.0. The Balaban J connectivity index is 1.73. The number of nitrogens with zero attached hydrogens (tertiary/aromatic N) is 1. The lowest BCUT2D eigenvalue weighted by molar-refractivity contribution is 0.101. The number of carbonyl (C=O) groups excluding carboxylic acids is 1. The molecule has 0 radical (unpaired) electrons. The molecule has 0 saturated heterocycles. The third-order valence-electron chi connectivity index (χ3n) is 5.62. The lowest BCUT2D eigenvalue weighted by Crippen LogP contribution is -2.23. The van der Waals surface area contributed by atoms with Crippen molar-refractivity contribution in [3.05, 3.63) is 35.5 Å². The predicted octanol–water partition coefficient (Wildman–Crippen LogP) is 5.19. The molecule has 1 aromatic heterocycles. The zero-order valence-corrected chi connectivity index (χ0v) is 17.2. The first-order valence-electron chi connectivity index (χ1n) is 9.94. The Bertz CT molecular complexity index is 784. The summed E-state index contributed by atoms with van der Waals surface area (Å²) in [4.78, 5) is 12.8. The van der Waals surface area contributed by atoms with Crippen LogP contribution in [0.15, 0.2) is 28.8 Å². The topological polar surface area (TPSA) is 73.6 Å². The standard InChI is InChI=1S/C22H30N2O4/c1-22(2,14-15-9-6-5-7-10-15)18-13-19(28-24-18)23-21(25)20-16(26-3)11-8-12-17(20)27-4/h8,11-13,15H,5-7,9-10,14H2,1-4H3,(H,23,25). The summed E-state index contributed by atoms with van der Waals surface area (Å²) in [6.07, 6.45) is 7.65. The number of ether oxygens (including phenoxy) is 2. The monoisotopic (exact) mass is 386 g/mol. The number of benzene rings is 1. The van der Waals surface area contributed by atoms with Crippen LogP contribution < -0.4 is 14.8 Å². The van der Waals surface area contributed by atoms with Crippen LogP contribution in [-0.2, 0) is 5.41 Å². The average Bonchev–Trinajstić information content (AvgIpc) is 3.17. The van der Waals surface area contributed by atoms with Gasteiger partial charge >= 0.3 is 0 Å². The maximum absolute atomic E-state index is 12.8. The fourth-order valence-corrected chi connectivity index (χ4v) is 4.12. The summed E-state index contributed by atoms with van der Waals surface area (Å²) in [5.41, 5.74) is 1.09. The maximum Gasteiger partial charge on any atom is 0.265 e. The van der Waals surface area contributed by atoms with Crippen molar-refractivity contribution < 1.29 is 18.8 Å². The van der Waals surface area contributed by atoms with Crippen LogP contribution >= 0.6 is 0 Å². The van der Waals surface area contributed by atoms with E-state index >= 15 is 0 Å². The van der Waals surface area contributed by atoms with E-state index in [1.165, 1.54) is 46.3 Å². The van der Waals surface area contributed by atoms with Gasteiger partial charge in [0.1, 0.15) is 17.1 Å². The minimum atomic E-state index is -0.359. The smallest absolute Gasteiger partial charge is 0.265 e. The van der Waals surface area contributed by atoms with Crippen molar-refractivity contribution >= 4 is 11.8 Å². The van der Waals surface area contributed by atoms with Crippen molar-refractivity contribution in [1.29, 1.82) is 0 Å². The van der Waals surface area contributed by atoms with Crippen LogP contribution in [0, 0.1) is 5.92 Å². The molecule has 152 valence electrons. The summed E-state index contributed by atoms with van der Waals surface area (Å²) in [7, 11) is 3.04. The number of amides is 1. The van der Waals surface area contributed by atoms with Crippen LogP contribution in [0.4, 0.5) is 5.88 Å². The van der Waals surface area contributed by atoms with E-state index in [1.807, 2.05) is 6.07 Å². The minimum Gasteiger partial charge on any atom is -0.496 e. The van der Waals surface area contributed by atoms with Crippen molar-refractivity contribution in [1.82, 2.24) is 5.16 Å². The SMILES string of the molecule is COc1cccc(OC)c1C(=O)Nc1cc(C(C)(C)CC2CCCCC2)no1. The Kier molecular flexibility index (Phi) is 6.27. The molecule has 1 aliphatic rings. The molecule has 3 rings (SSSR count). The third-order valence-corrected chi connectivity index (χ3v) is 5.62. The number of anilines is 1. The van der Waals surface area contributed by atoms with Gasteiger partial charge in [0.15, 0.2) is 0 Å². The fraction of sp³-hybridized carbons (Fsp3) is 0.545. The van der Waals surface area contributed by atoms with Gasteiger partial charge in [-0.1, -0.05) is 57.2 Å². The molecule has 0 unspecified atom stereocenters.